The minimum Gasteiger partial charge on any atom is -0.316 e. The van der Waals surface area contributed by atoms with E-state index < -0.39 is 33.6 Å². The maximum atomic E-state index is 15.6. The molecule has 2 aromatic carbocycles. The van der Waals surface area contributed by atoms with Gasteiger partial charge in [0.05, 0.1) is 6.26 Å². The van der Waals surface area contributed by atoms with Gasteiger partial charge >= 0.3 is 0 Å². The summed E-state index contributed by atoms with van der Waals surface area (Å²) < 4.78 is 57.7. The van der Waals surface area contributed by atoms with Crippen molar-refractivity contribution in [3.05, 3.63) is 93.4 Å². The van der Waals surface area contributed by atoms with E-state index in [-0.39, 0.29) is 17.5 Å². The van der Waals surface area contributed by atoms with Crippen LogP contribution in [-0.2, 0) is 29.4 Å². The highest BCUT2D eigenvalue weighted by molar-refractivity contribution is 7.88. The van der Waals surface area contributed by atoms with Crippen molar-refractivity contribution in [3.63, 3.8) is 0 Å². The maximum absolute atomic E-state index is 15.6. The predicted molar refractivity (Wildman–Crippen MR) is 125 cm³/mol. The Kier molecular flexibility index (Phi) is 6.50. The number of hydrogen-bond acceptors (Lipinski definition) is 3. The molecule has 1 aromatic heterocycles. The number of pyridine rings is 1. The van der Waals surface area contributed by atoms with E-state index in [1.807, 2.05) is 13.0 Å². The second-order valence-electron chi connectivity index (χ2n) is 8.48. The monoisotopic (exact) mass is 472 g/mol. The first-order valence-electron chi connectivity index (χ1n) is 10.9. The highest BCUT2D eigenvalue weighted by Crippen LogP contribution is 2.35. The van der Waals surface area contributed by atoms with Gasteiger partial charge in [-0.3, -0.25) is 4.79 Å². The molecular formula is C25H26F2N2O3S. The molecule has 0 bridgehead atoms. The number of hydrogen-bond donors (Lipinski definition) is 1. The molecule has 33 heavy (non-hydrogen) atoms. The second kappa shape index (κ2) is 9.19. The van der Waals surface area contributed by atoms with Crippen molar-refractivity contribution in [2.45, 2.75) is 44.7 Å². The van der Waals surface area contributed by atoms with Crippen molar-refractivity contribution in [1.29, 1.82) is 0 Å². The molecule has 3 aromatic rings. The highest BCUT2D eigenvalue weighted by Gasteiger charge is 2.34. The van der Waals surface area contributed by atoms with E-state index in [9.17, 15) is 17.6 Å². The molecule has 0 amide bonds. The number of sulfonamides is 1. The summed E-state index contributed by atoms with van der Waals surface area (Å²) in [4.78, 5) is 13.2. The van der Waals surface area contributed by atoms with Crippen LogP contribution in [0.5, 0.6) is 0 Å². The van der Waals surface area contributed by atoms with E-state index in [4.69, 9.17) is 0 Å². The number of nitrogens with one attached hydrogen (secondary N) is 1. The SMILES string of the molecule is CCn1ccc2c(c1=O)C(Cc1cccc(-c3cccc(F)c3)c1F)C(NS(C)(=O)=O)CC2. The number of aryl methyl sites for hydroxylation is 2. The summed E-state index contributed by atoms with van der Waals surface area (Å²) in [7, 11) is -3.54. The third-order valence-corrected chi connectivity index (χ3v) is 6.97. The fourth-order valence-corrected chi connectivity index (χ4v) is 5.55. The second-order valence-corrected chi connectivity index (χ2v) is 10.3. The Morgan fingerprint density at radius 1 is 1.12 bits per heavy atom. The van der Waals surface area contributed by atoms with Gasteiger partial charge in [-0.15, -0.1) is 0 Å². The molecule has 2 unspecified atom stereocenters. The molecule has 1 heterocycles. The van der Waals surface area contributed by atoms with Gasteiger partial charge in [0.15, 0.2) is 0 Å². The fraction of sp³-hybridized carbons (Fsp3) is 0.320. The van der Waals surface area contributed by atoms with Crippen LogP contribution in [0.2, 0.25) is 0 Å². The number of aromatic nitrogens is 1. The van der Waals surface area contributed by atoms with E-state index in [2.05, 4.69) is 4.72 Å². The van der Waals surface area contributed by atoms with Crippen molar-refractivity contribution in [1.82, 2.24) is 9.29 Å². The zero-order valence-corrected chi connectivity index (χ0v) is 19.3. The summed E-state index contributed by atoms with van der Waals surface area (Å²) in [5.74, 6) is -1.50. The van der Waals surface area contributed by atoms with Crippen molar-refractivity contribution < 1.29 is 17.2 Å². The van der Waals surface area contributed by atoms with Gasteiger partial charge in [-0.25, -0.2) is 21.9 Å². The fourth-order valence-electron chi connectivity index (χ4n) is 4.72. The molecule has 0 fully saturated rings. The average molecular weight is 473 g/mol. The van der Waals surface area contributed by atoms with Crippen LogP contribution in [-0.4, -0.2) is 25.3 Å². The van der Waals surface area contributed by atoms with Crippen LogP contribution in [0.1, 0.15) is 36.0 Å². The summed E-state index contributed by atoms with van der Waals surface area (Å²) >= 11 is 0. The number of benzene rings is 2. The summed E-state index contributed by atoms with van der Waals surface area (Å²) in [5.41, 5.74) is 2.24. The third-order valence-electron chi connectivity index (χ3n) is 6.23. The van der Waals surface area contributed by atoms with Crippen LogP contribution < -0.4 is 10.3 Å². The first-order valence-corrected chi connectivity index (χ1v) is 12.8. The van der Waals surface area contributed by atoms with Gasteiger partial charge in [0.25, 0.3) is 5.56 Å². The Morgan fingerprint density at radius 3 is 2.58 bits per heavy atom. The highest BCUT2D eigenvalue weighted by atomic mass is 32.2. The number of rotatable bonds is 6. The molecule has 5 nitrogen and oxygen atoms in total. The molecule has 1 aliphatic rings. The zero-order chi connectivity index (χ0) is 23.8. The largest absolute Gasteiger partial charge is 0.316 e. The normalized spacial score (nSPS) is 18.2. The molecule has 0 saturated heterocycles. The number of nitrogens with zero attached hydrogens (tertiary/aromatic N) is 1. The molecule has 2 atom stereocenters. The van der Waals surface area contributed by atoms with Crippen LogP contribution >= 0.6 is 0 Å². The summed E-state index contributed by atoms with van der Waals surface area (Å²) in [6.45, 7) is 2.34. The summed E-state index contributed by atoms with van der Waals surface area (Å²) in [6.07, 6.45) is 4.03. The van der Waals surface area contributed by atoms with E-state index in [0.717, 1.165) is 11.8 Å². The number of fused-ring (bicyclic) bond motifs is 1. The van der Waals surface area contributed by atoms with Crippen LogP contribution in [0.25, 0.3) is 11.1 Å². The quantitative estimate of drug-likeness (QED) is 0.590. The lowest BCUT2D eigenvalue weighted by atomic mass is 9.77. The van der Waals surface area contributed by atoms with Gasteiger partial charge in [-0.2, -0.15) is 0 Å². The lowest BCUT2D eigenvalue weighted by Crippen LogP contribution is -2.45. The van der Waals surface area contributed by atoms with Gasteiger partial charge in [0, 0.05) is 35.8 Å². The topological polar surface area (TPSA) is 68.2 Å². The van der Waals surface area contributed by atoms with E-state index in [1.165, 1.54) is 18.2 Å². The minimum atomic E-state index is -3.54. The Labute approximate surface area is 192 Å². The molecule has 0 aliphatic heterocycles. The Bertz CT molecular complexity index is 1350. The van der Waals surface area contributed by atoms with Gasteiger partial charge in [0.1, 0.15) is 11.6 Å². The molecular weight excluding hydrogens is 446 g/mol. The van der Waals surface area contributed by atoms with Crippen molar-refractivity contribution in [3.8, 4) is 11.1 Å². The molecule has 0 saturated carbocycles. The molecule has 8 heteroatoms. The maximum Gasteiger partial charge on any atom is 0.254 e. The van der Waals surface area contributed by atoms with E-state index in [0.29, 0.717) is 36.1 Å². The van der Waals surface area contributed by atoms with E-state index >= 15 is 4.39 Å². The summed E-state index contributed by atoms with van der Waals surface area (Å²) in [6, 6.07) is 12.0. The molecule has 1 N–H and O–H groups in total. The molecule has 0 radical (unpaired) electrons. The Hall–Kier alpha value is -2.84. The molecule has 4 rings (SSSR count). The van der Waals surface area contributed by atoms with Crippen molar-refractivity contribution in [2.75, 3.05) is 6.26 Å². The van der Waals surface area contributed by atoms with Crippen molar-refractivity contribution >= 4 is 10.0 Å². The lowest BCUT2D eigenvalue weighted by Gasteiger charge is -2.34. The first kappa shape index (κ1) is 23.3. The van der Waals surface area contributed by atoms with Crippen molar-refractivity contribution in [2.24, 2.45) is 0 Å². The number of halogens is 2. The van der Waals surface area contributed by atoms with Crippen LogP contribution in [0.3, 0.4) is 0 Å². The molecule has 174 valence electrons. The Morgan fingerprint density at radius 2 is 1.88 bits per heavy atom. The van der Waals surface area contributed by atoms with Crippen LogP contribution in [0.15, 0.2) is 59.5 Å². The van der Waals surface area contributed by atoms with Gasteiger partial charge in [-0.1, -0.05) is 30.3 Å². The third kappa shape index (κ3) is 4.91. The van der Waals surface area contributed by atoms with E-state index in [1.54, 1.807) is 35.0 Å². The lowest BCUT2D eigenvalue weighted by molar-refractivity contribution is 0.419. The summed E-state index contributed by atoms with van der Waals surface area (Å²) in [5, 5.41) is 0. The predicted octanol–water partition coefficient (Wildman–Crippen LogP) is 4.00. The minimum absolute atomic E-state index is 0.137. The average Bonchev–Trinajstić information content (AvgIpc) is 2.76. The Balaban J connectivity index is 1.81. The van der Waals surface area contributed by atoms with Crippen LogP contribution in [0, 0.1) is 11.6 Å². The van der Waals surface area contributed by atoms with Gasteiger partial charge in [-0.05, 0) is 61.1 Å². The first-order chi connectivity index (χ1) is 15.7. The van der Waals surface area contributed by atoms with Gasteiger partial charge < -0.3 is 4.57 Å². The van der Waals surface area contributed by atoms with Gasteiger partial charge in [0.2, 0.25) is 10.0 Å². The standard InChI is InChI=1S/C25H26F2N2O3S/c1-3-29-13-12-16-10-11-22(28-33(2,31)32)21(23(16)25(29)30)15-18-7-5-9-20(24(18)27)17-6-4-8-19(26)14-17/h4-9,12-14,21-22,28H,3,10-11,15H2,1-2H3. The molecule has 1 aliphatic carbocycles. The van der Waals surface area contributed by atoms with Crippen LogP contribution in [0.4, 0.5) is 8.78 Å². The smallest absolute Gasteiger partial charge is 0.254 e. The molecule has 0 spiro atoms. The zero-order valence-electron chi connectivity index (χ0n) is 18.5.